The Labute approximate surface area is 212 Å². The maximum atomic E-state index is 13.6. The summed E-state index contributed by atoms with van der Waals surface area (Å²) < 4.78 is 9.03. The molecule has 36 heavy (non-hydrogen) atoms. The predicted octanol–water partition coefficient (Wildman–Crippen LogP) is 3.62. The predicted molar refractivity (Wildman–Crippen MR) is 139 cm³/mol. The van der Waals surface area contributed by atoms with E-state index in [-0.39, 0.29) is 29.9 Å². The zero-order valence-corrected chi connectivity index (χ0v) is 22.5. The van der Waals surface area contributed by atoms with Gasteiger partial charge in [-0.05, 0) is 43.7 Å². The van der Waals surface area contributed by atoms with E-state index in [1.807, 2.05) is 0 Å². The number of pyridine rings is 1. The highest BCUT2D eigenvalue weighted by atomic mass is 28.3. The van der Waals surface area contributed by atoms with E-state index < -0.39 is 20.2 Å². The molecule has 2 aromatic rings. The molecule has 0 saturated heterocycles. The number of amides is 1. The number of hydrogen-bond donors (Lipinski definition) is 1. The van der Waals surface area contributed by atoms with Gasteiger partial charge in [0.15, 0.2) is 0 Å². The van der Waals surface area contributed by atoms with Crippen molar-refractivity contribution >= 4 is 30.8 Å². The van der Waals surface area contributed by atoms with Gasteiger partial charge in [0.05, 0.1) is 17.9 Å². The second-order valence-corrected chi connectivity index (χ2v) is 17.1. The second-order valence-electron chi connectivity index (χ2n) is 11.5. The fourth-order valence-corrected chi connectivity index (χ4v) is 5.58. The first-order chi connectivity index (χ1) is 17.2. The number of nitriles is 1. The van der Waals surface area contributed by atoms with Crippen molar-refractivity contribution in [3.63, 3.8) is 0 Å². The van der Waals surface area contributed by atoms with Gasteiger partial charge in [0.1, 0.15) is 30.1 Å². The molecule has 0 bridgehead atoms. The lowest BCUT2D eigenvalue weighted by molar-refractivity contribution is -0.126. The van der Waals surface area contributed by atoms with E-state index >= 15 is 0 Å². The van der Waals surface area contributed by atoms with Crippen LogP contribution in [0.15, 0.2) is 23.4 Å². The number of aromatic nitrogens is 3. The Kier molecular flexibility index (Phi) is 8.10. The number of ketones is 1. The van der Waals surface area contributed by atoms with Crippen molar-refractivity contribution in [2.24, 2.45) is 11.8 Å². The molecule has 2 fully saturated rings. The molecular formula is C26H37N5O4Si. The fourth-order valence-electron chi connectivity index (χ4n) is 4.83. The molecule has 9 nitrogen and oxygen atoms in total. The Balaban J connectivity index is 1.53. The zero-order chi connectivity index (χ0) is 25.9. The Morgan fingerprint density at radius 2 is 2.06 bits per heavy atom. The number of carbonyl (C=O) groups is 2. The van der Waals surface area contributed by atoms with E-state index in [1.165, 1.54) is 4.57 Å². The molecule has 2 saturated carbocycles. The van der Waals surface area contributed by atoms with Crippen LogP contribution in [0.1, 0.15) is 51.0 Å². The highest BCUT2D eigenvalue weighted by Gasteiger charge is 2.34. The average molecular weight is 512 g/mol. The fraction of sp³-hybridized carbons (Fsp3) is 0.654. The lowest BCUT2D eigenvalue weighted by atomic mass is 9.97. The van der Waals surface area contributed by atoms with Crippen molar-refractivity contribution in [3.05, 3.63) is 28.9 Å². The number of imidazole rings is 1. The largest absolute Gasteiger partial charge is 0.361 e. The van der Waals surface area contributed by atoms with E-state index in [0.29, 0.717) is 42.8 Å². The van der Waals surface area contributed by atoms with Crippen molar-refractivity contribution in [3.8, 4) is 6.07 Å². The quantitative estimate of drug-likeness (QED) is 0.343. The van der Waals surface area contributed by atoms with E-state index in [4.69, 9.17) is 4.74 Å². The van der Waals surface area contributed by atoms with Crippen molar-refractivity contribution in [2.45, 2.75) is 89.4 Å². The van der Waals surface area contributed by atoms with Gasteiger partial charge in [-0.1, -0.05) is 32.5 Å². The van der Waals surface area contributed by atoms with Gasteiger partial charge in [0, 0.05) is 33.2 Å². The van der Waals surface area contributed by atoms with Gasteiger partial charge in [-0.2, -0.15) is 5.26 Å². The van der Waals surface area contributed by atoms with E-state index in [1.54, 1.807) is 23.2 Å². The molecule has 1 N–H and O–H groups in total. The summed E-state index contributed by atoms with van der Waals surface area (Å²) in [6, 6.07) is 3.45. The number of fused-ring (bicyclic) bond motifs is 1. The highest BCUT2D eigenvalue weighted by Crippen LogP contribution is 2.37. The van der Waals surface area contributed by atoms with Gasteiger partial charge in [0.2, 0.25) is 5.91 Å². The van der Waals surface area contributed by atoms with Gasteiger partial charge in [-0.15, -0.1) is 0 Å². The molecule has 2 heterocycles. The third-order valence-corrected chi connectivity index (χ3v) is 8.94. The normalized spacial score (nSPS) is 19.8. The van der Waals surface area contributed by atoms with Gasteiger partial charge >= 0.3 is 0 Å². The van der Waals surface area contributed by atoms with Crippen LogP contribution in [0.2, 0.25) is 25.7 Å². The van der Waals surface area contributed by atoms with Crippen LogP contribution in [0.5, 0.6) is 0 Å². The Morgan fingerprint density at radius 3 is 2.69 bits per heavy atom. The summed E-state index contributed by atoms with van der Waals surface area (Å²) in [6.07, 6.45) is 8.30. The van der Waals surface area contributed by atoms with Crippen molar-refractivity contribution in [2.75, 3.05) is 6.61 Å². The van der Waals surface area contributed by atoms with E-state index in [2.05, 4.69) is 36.0 Å². The van der Waals surface area contributed by atoms with Gasteiger partial charge in [0.25, 0.3) is 5.56 Å². The summed E-state index contributed by atoms with van der Waals surface area (Å²) in [7, 11) is -1.22. The molecule has 3 unspecified atom stereocenters. The number of Topliss-reactive ketones (excluding diaryl/α,β-unsaturated/α-hetero) is 1. The van der Waals surface area contributed by atoms with Crippen LogP contribution < -0.4 is 10.9 Å². The Hall–Kier alpha value is -2.77. The number of nitrogens with zero attached hydrogens (tertiary/aromatic N) is 4. The van der Waals surface area contributed by atoms with E-state index in [9.17, 15) is 19.6 Å². The lowest BCUT2D eigenvalue weighted by Crippen LogP contribution is -2.43. The number of ether oxygens (including phenoxy) is 1. The summed E-state index contributed by atoms with van der Waals surface area (Å²) in [4.78, 5) is 43.4. The van der Waals surface area contributed by atoms with Crippen LogP contribution in [0.25, 0.3) is 11.0 Å². The van der Waals surface area contributed by atoms with Crippen molar-refractivity contribution < 1.29 is 14.3 Å². The topological polar surface area (TPSA) is 119 Å². The summed E-state index contributed by atoms with van der Waals surface area (Å²) in [6.45, 7) is 7.72. The molecule has 0 spiro atoms. The molecule has 3 atom stereocenters. The molecule has 2 aliphatic carbocycles. The standard InChI is InChI=1S/C26H37N5O4Si/c1-36(2,3)12-11-35-17-30-16-28-21-9-10-31(26(34)24(21)30)22(13-18-7-8-18)25(33)29-20(15-27)14-19-5-4-6-23(19)32/h9-10,16,18-20,22H,4-8,11-14,17H2,1-3H3,(H,29,33). The molecular weight excluding hydrogens is 474 g/mol. The van der Waals surface area contributed by atoms with Crippen LogP contribution in [-0.2, 0) is 21.1 Å². The summed E-state index contributed by atoms with van der Waals surface area (Å²) >= 11 is 0. The van der Waals surface area contributed by atoms with E-state index in [0.717, 1.165) is 31.7 Å². The second kappa shape index (κ2) is 11.1. The minimum Gasteiger partial charge on any atom is -0.361 e. The highest BCUT2D eigenvalue weighted by molar-refractivity contribution is 6.76. The van der Waals surface area contributed by atoms with Crippen LogP contribution in [0, 0.1) is 23.2 Å². The molecule has 0 radical (unpaired) electrons. The maximum absolute atomic E-state index is 13.6. The number of hydrogen-bond acceptors (Lipinski definition) is 6. The molecule has 0 aromatic carbocycles. The van der Waals surface area contributed by atoms with Gasteiger partial charge < -0.3 is 19.2 Å². The smallest absolute Gasteiger partial charge is 0.277 e. The Bertz CT molecular complexity index is 1200. The summed E-state index contributed by atoms with van der Waals surface area (Å²) in [5, 5.41) is 12.5. The van der Waals surface area contributed by atoms with Crippen LogP contribution in [-0.4, -0.2) is 46.5 Å². The first-order valence-electron chi connectivity index (χ1n) is 13.0. The number of rotatable bonds is 12. The van der Waals surface area contributed by atoms with Crippen LogP contribution in [0.4, 0.5) is 0 Å². The molecule has 2 aliphatic rings. The number of nitrogens with one attached hydrogen (secondary N) is 1. The van der Waals surface area contributed by atoms with Crippen LogP contribution >= 0.6 is 0 Å². The van der Waals surface area contributed by atoms with Gasteiger partial charge in [-0.25, -0.2) is 4.98 Å². The molecule has 1 amide bonds. The zero-order valence-electron chi connectivity index (χ0n) is 21.5. The molecule has 0 aliphatic heterocycles. The molecule has 10 heteroatoms. The first kappa shape index (κ1) is 26.3. The summed E-state index contributed by atoms with van der Waals surface area (Å²) in [5.74, 6) is 0.0279. The maximum Gasteiger partial charge on any atom is 0.277 e. The minimum absolute atomic E-state index is 0.168. The molecule has 194 valence electrons. The van der Waals surface area contributed by atoms with Gasteiger partial charge in [-0.3, -0.25) is 14.4 Å². The van der Waals surface area contributed by atoms with Crippen LogP contribution in [0.3, 0.4) is 0 Å². The first-order valence-corrected chi connectivity index (χ1v) is 16.7. The number of carbonyl (C=O) groups excluding carboxylic acids is 2. The summed E-state index contributed by atoms with van der Waals surface area (Å²) in [5.41, 5.74) is 0.678. The Morgan fingerprint density at radius 1 is 1.28 bits per heavy atom. The molecule has 4 rings (SSSR count). The minimum atomic E-state index is -1.22. The molecule has 2 aromatic heterocycles. The monoisotopic (exact) mass is 511 g/mol. The lowest BCUT2D eigenvalue weighted by Gasteiger charge is -2.22. The SMILES string of the molecule is C[Si](C)(C)CCOCn1cnc2ccn(C(CC3CC3)C(=O)NC(C#N)CC3CCCC3=O)c(=O)c21. The third kappa shape index (κ3) is 6.50. The average Bonchev–Trinajstić information content (AvgIpc) is 3.41. The van der Waals surface area contributed by atoms with Crippen molar-refractivity contribution in [1.29, 1.82) is 5.26 Å². The van der Waals surface area contributed by atoms with Crippen molar-refractivity contribution in [1.82, 2.24) is 19.4 Å². The third-order valence-electron chi connectivity index (χ3n) is 7.24.